The Morgan fingerprint density at radius 2 is 2.29 bits per heavy atom. The van der Waals surface area contributed by atoms with E-state index in [1.165, 1.54) is 13.0 Å². The van der Waals surface area contributed by atoms with Crippen molar-refractivity contribution in [2.75, 3.05) is 25.5 Å². The zero-order valence-electron chi connectivity index (χ0n) is 10.5. The van der Waals surface area contributed by atoms with Crippen LogP contribution in [0.3, 0.4) is 0 Å². The number of likely N-dealkylation sites (N-methyl/N-ethyl adjacent to an activating group) is 1. The lowest BCUT2D eigenvalue weighted by molar-refractivity contribution is 0.260. The van der Waals surface area contributed by atoms with Gasteiger partial charge in [-0.25, -0.2) is 4.98 Å². The van der Waals surface area contributed by atoms with Crippen LogP contribution < -0.4 is 5.32 Å². The zero-order valence-corrected chi connectivity index (χ0v) is 10.5. The first-order valence-electron chi connectivity index (χ1n) is 5.98. The first-order chi connectivity index (χ1) is 8.19. The normalized spacial score (nSPS) is 21.2. The number of piperidine rings is 1. The van der Waals surface area contributed by atoms with Gasteiger partial charge in [-0.1, -0.05) is 6.58 Å². The predicted molar refractivity (Wildman–Crippen MR) is 68.8 cm³/mol. The van der Waals surface area contributed by atoms with Gasteiger partial charge < -0.3 is 10.2 Å². The number of nitrogens with zero attached hydrogens (tertiary/aromatic N) is 4. The van der Waals surface area contributed by atoms with Crippen molar-refractivity contribution in [1.82, 2.24) is 20.1 Å². The lowest BCUT2D eigenvalue weighted by atomic mass is 10.1. The minimum absolute atomic E-state index is 0.421. The van der Waals surface area contributed by atoms with Crippen molar-refractivity contribution in [2.45, 2.75) is 25.8 Å². The smallest absolute Gasteiger partial charge is 0.243 e. The van der Waals surface area contributed by atoms with Gasteiger partial charge in [0.05, 0.1) is 5.69 Å². The summed E-state index contributed by atoms with van der Waals surface area (Å²) in [5.41, 5.74) is 1.61. The summed E-state index contributed by atoms with van der Waals surface area (Å²) < 4.78 is 0. The lowest BCUT2D eigenvalue weighted by Crippen LogP contribution is -2.40. The van der Waals surface area contributed by atoms with E-state index < -0.39 is 0 Å². The Balaban J connectivity index is 2.03. The second-order valence-corrected chi connectivity index (χ2v) is 4.56. The third-order valence-electron chi connectivity index (χ3n) is 3.05. The molecule has 0 amide bonds. The van der Waals surface area contributed by atoms with Crippen LogP contribution in [0.2, 0.25) is 0 Å². The quantitative estimate of drug-likeness (QED) is 0.853. The first kappa shape index (κ1) is 12.0. The molecule has 1 aromatic heterocycles. The van der Waals surface area contributed by atoms with Crippen molar-refractivity contribution in [1.29, 1.82) is 0 Å². The van der Waals surface area contributed by atoms with Gasteiger partial charge in [-0.15, -0.1) is 10.2 Å². The number of hydrogen-bond acceptors (Lipinski definition) is 5. The van der Waals surface area contributed by atoms with E-state index in [1.54, 1.807) is 6.08 Å². The molecule has 0 saturated carbocycles. The predicted octanol–water partition coefficient (Wildman–Crippen LogP) is 1.33. The van der Waals surface area contributed by atoms with Crippen LogP contribution in [0.5, 0.6) is 0 Å². The third-order valence-corrected chi connectivity index (χ3v) is 3.05. The minimum atomic E-state index is 0.421. The molecule has 2 rings (SSSR count). The Morgan fingerprint density at radius 3 is 2.94 bits per heavy atom. The highest BCUT2D eigenvalue weighted by molar-refractivity contribution is 5.44. The van der Waals surface area contributed by atoms with Crippen LogP contribution in [-0.4, -0.2) is 46.3 Å². The fourth-order valence-corrected chi connectivity index (χ4v) is 2.13. The number of hydrogen-bond donors (Lipinski definition) is 1. The molecule has 1 atom stereocenters. The largest absolute Gasteiger partial charge is 0.349 e. The molecule has 1 N–H and O–H groups in total. The maximum Gasteiger partial charge on any atom is 0.243 e. The van der Waals surface area contributed by atoms with Gasteiger partial charge in [-0.05, 0) is 39.4 Å². The molecule has 0 spiro atoms. The van der Waals surface area contributed by atoms with Gasteiger partial charge in [-0.2, -0.15) is 0 Å². The topological polar surface area (TPSA) is 53.9 Å². The summed E-state index contributed by atoms with van der Waals surface area (Å²) >= 11 is 0. The van der Waals surface area contributed by atoms with E-state index in [2.05, 4.69) is 39.0 Å². The Hall–Kier alpha value is -1.49. The number of likely N-dealkylation sites (tertiary alicyclic amines) is 1. The lowest BCUT2D eigenvalue weighted by Gasteiger charge is -2.30. The molecule has 17 heavy (non-hydrogen) atoms. The SMILES string of the molecule is C=Cc1nnc(NC2CCCN(C)C2)nc1C. The molecule has 1 aromatic rings. The molecule has 2 heterocycles. The van der Waals surface area contributed by atoms with E-state index in [4.69, 9.17) is 0 Å². The van der Waals surface area contributed by atoms with Gasteiger partial charge in [0.15, 0.2) is 0 Å². The number of aryl methyl sites for hydroxylation is 1. The first-order valence-corrected chi connectivity index (χ1v) is 5.98. The van der Waals surface area contributed by atoms with E-state index in [-0.39, 0.29) is 0 Å². The van der Waals surface area contributed by atoms with Crippen LogP contribution in [0.4, 0.5) is 5.95 Å². The van der Waals surface area contributed by atoms with Crippen LogP contribution in [0.15, 0.2) is 6.58 Å². The summed E-state index contributed by atoms with van der Waals surface area (Å²) in [5, 5.41) is 11.5. The third kappa shape index (κ3) is 3.00. The van der Waals surface area contributed by atoms with Crippen molar-refractivity contribution in [3.63, 3.8) is 0 Å². The van der Waals surface area contributed by atoms with Crippen molar-refractivity contribution in [3.8, 4) is 0 Å². The van der Waals surface area contributed by atoms with E-state index in [1.807, 2.05) is 6.92 Å². The van der Waals surface area contributed by atoms with E-state index in [0.29, 0.717) is 12.0 Å². The fourth-order valence-electron chi connectivity index (χ4n) is 2.13. The van der Waals surface area contributed by atoms with Gasteiger partial charge in [0, 0.05) is 12.6 Å². The number of nitrogens with one attached hydrogen (secondary N) is 1. The Morgan fingerprint density at radius 1 is 1.47 bits per heavy atom. The Labute approximate surface area is 102 Å². The maximum atomic E-state index is 4.39. The van der Waals surface area contributed by atoms with Crippen molar-refractivity contribution < 1.29 is 0 Å². The van der Waals surface area contributed by atoms with Crippen LogP contribution in [0.25, 0.3) is 6.08 Å². The highest BCUT2D eigenvalue weighted by atomic mass is 15.3. The molecular weight excluding hydrogens is 214 g/mol. The zero-order chi connectivity index (χ0) is 12.3. The maximum absolute atomic E-state index is 4.39. The van der Waals surface area contributed by atoms with Gasteiger partial charge in [0.25, 0.3) is 0 Å². The molecule has 1 unspecified atom stereocenters. The molecule has 0 aliphatic carbocycles. The van der Waals surface area contributed by atoms with Gasteiger partial charge in [0.1, 0.15) is 5.69 Å². The van der Waals surface area contributed by atoms with Crippen LogP contribution >= 0.6 is 0 Å². The second kappa shape index (κ2) is 5.23. The molecule has 5 heteroatoms. The van der Waals surface area contributed by atoms with Crippen LogP contribution in [-0.2, 0) is 0 Å². The molecule has 5 nitrogen and oxygen atoms in total. The van der Waals surface area contributed by atoms with Crippen molar-refractivity contribution in [3.05, 3.63) is 18.0 Å². The molecule has 1 saturated heterocycles. The minimum Gasteiger partial charge on any atom is -0.349 e. The number of aromatic nitrogens is 3. The van der Waals surface area contributed by atoms with Gasteiger partial charge in [-0.3, -0.25) is 0 Å². The summed E-state index contributed by atoms with van der Waals surface area (Å²) in [6, 6.07) is 0.421. The average molecular weight is 233 g/mol. The molecule has 1 aliphatic rings. The molecule has 92 valence electrons. The Bertz CT molecular complexity index is 404. The number of rotatable bonds is 3. The molecule has 0 radical (unpaired) electrons. The van der Waals surface area contributed by atoms with Crippen LogP contribution in [0, 0.1) is 6.92 Å². The molecule has 1 aliphatic heterocycles. The standard InChI is InChI=1S/C12H19N5/c1-4-11-9(2)13-12(16-15-11)14-10-6-5-7-17(3)8-10/h4,10H,1,5-8H2,2-3H3,(H,13,14,16). The summed E-state index contributed by atoms with van der Waals surface area (Å²) in [4.78, 5) is 6.71. The highest BCUT2D eigenvalue weighted by Crippen LogP contribution is 2.12. The number of anilines is 1. The van der Waals surface area contributed by atoms with E-state index in [0.717, 1.165) is 24.4 Å². The van der Waals surface area contributed by atoms with E-state index in [9.17, 15) is 0 Å². The monoisotopic (exact) mass is 233 g/mol. The highest BCUT2D eigenvalue weighted by Gasteiger charge is 2.17. The summed E-state index contributed by atoms with van der Waals surface area (Å²) in [7, 11) is 2.14. The van der Waals surface area contributed by atoms with Crippen molar-refractivity contribution in [2.24, 2.45) is 0 Å². The summed E-state index contributed by atoms with van der Waals surface area (Å²) in [6.45, 7) is 7.80. The van der Waals surface area contributed by atoms with Crippen LogP contribution in [0.1, 0.15) is 24.2 Å². The molecule has 1 fully saturated rings. The van der Waals surface area contributed by atoms with E-state index >= 15 is 0 Å². The van der Waals surface area contributed by atoms with Gasteiger partial charge >= 0.3 is 0 Å². The molecule has 0 aromatic carbocycles. The summed E-state index contributed by atoms with van der Waals surface area (Å²) in [6.07, 6.45) is 4.05. The second-order valence-electron chi connectivity index (χ2n) is 4.56. The molecular formula is C12H19N5. The Kier molecular flexibility index (Phi) is 3.68. The van der Waals surface area contributed by atoms with Gasteiger partial charge in [0.2, 0.25) is 5.95 Å². The summed E-state index contributed by atoms with van der Waals surface area (Å²) in [5.74, 6) is 0.619. The fraction of sp³-hybridized carbons (Fsp3) is 0.583. The average Bonchev–Trinajstić information content (AvgIpc) is 2.29. The molecule has 0 bridgehead atoms. The van der Waals surface area contributed by atoms with Crippen molar-refractivity contribution >= 4 is 12.0 Å².